The Kier molecular flexibility index (Phi) is 4.98. The van der Waals surface area contributed by atoms with Crippen molar-refractivity contribution in [1.82, 2.24) is 9.97 Å². The molecule has 1 aromatic rings. The van der Waals surface area contributed by atoms with Crippen LogP contribution in [-0.4, -0.2) is 29.4 Å². The zero-order valence-corrected chi connectivity index (χ0v) is 9.59. The molecule has 1 rings (SSSR count). The van der Waals surface area contributed by atoms with Gasteiger partial charge in [0, 0.05) is 25.7 Å². The molecule has 0 aliphatic rings. The number of alkyl halides is 1. The maximum absolute atomic E-state index is 5.75. The van der Waals surface area contributed by atoms with Gasteiger partial charge in [-0.2, -0.15) is 0 Å². The molecule has 0 amide bonds. The Morgan fingerprint density at radius 2 is 2.21 bits per heavy atom. The van der Waals surface area contributed by atoms with Crippen LogP contribution in [0.1, 0.15) is 12.8 Å². The smallest absolute Gasteiger partial charge is 0.226 e. The van der Waals surface area contributed by atoms with Crippen molar-refractivity contribution < 1.29 is 0 Å². The van der Waals surface area contributed by atoms with Crippen LogP contribution in [0.25, 0.3) is 0 Å². The number of hydrogen-bond donors (Lipinski definition) is 0. The van der Waals surface area contributed by atoms with E-state index < -0.39 is 0 Å². The lowest BCUT2D eigenvalue weighted by Gasteiger charge is -2.16. The average molecular weight is 234 g/mol. The number of unbranched alkanes of at least 4 members (excludes halogenated alkanes) is 1. The van der Waals surface area contributed by atoms with E-state index in [2.05, 4.69) is 9.97 Å². The summed E-state index contributed by atoms with van der Waals surface area (Å²) in [5, 5.41) is 0.471. The molecule has 5 heteroatoms. The van der Waals surface area contributed by atoms with Crippen LogP contribution in [0, 0.1) is 0 Å². The Balaban J connectivity index is 2.47. The molecule has 0 N–H and O–H groups in total. The quantitative estimate of drug-likeness (QED) is 0.445. The van der Waals surface area contributed by atoms with Gasteiger partial charge >= 0.3 is 0 Å². The van der Waals surface area contributed by atoms with E-state index in [0.29, 0.717) is 17.0 Å². The Bertz CT molecular complexity index is 281. The van der Waals surface area contributed by atoms with Crippen LogP contribution in [0.15, 0.2) is 12.3 Å². The highest BCUT2D eigenvalue weighted by Crippen LogP contribution is 2.09. The minimum Gasteiger partial charge on any atom is -0.344 e. The number of aromatic nitrogens is 2. The van der Waals surface area contributed by atoms with Gasteiger partial charge in [-0.3, -0.25) is 0 Å². The molecule has 0 saturated heterocycles. The summed E-state index contributed by atoms with van der Waals surface area (Å²) in [6, 6.07) is 1.66. The van der Waals surface area contributed by atoms with Gasteiger partial charge in [0.15, 0.2) is 0 Å². The summed E-state index contributed by atoms with van der Waals surface area (Å²) in [4.78, 5) is 10.2. The van der Waals surface area contributed by atoms with Crippen LogP contribution < -0.4 is 4.90 Å². The summed E-state index contributed by atoms with van der Waals surface area (Å²) in [5.74, 6) is 1.36. The van der Waals surface area contributed by atoms with E-state index in [1.54, 1.807) is 12.3 Å². The van der Waals surface area contributed by atoms with E-state index in [9.17, 15) is 0 Å². The molecule has 1 heterocycles. The summed E-state index contributed by atoms with van der Waals surface area (Å²) in [6.45, 7) is 0.896. The van der Waals surface area contributed by atoms with Crippen molar-refractivity contribution in [3.05, 3.63) is 17.4 Å². The second-order valence-electron chi connectivity index (χ2n) is 3.00. The fourth-order valence-electron chi connectivity index (χ4n) is 1.05. The monoisotopic (exact) mass is 233 g/mol. The average Bonchev–Trinajstić information content (AvgIpc) is 2.18. The van der Waals surface area contributed by atoms with E-state index in [1.807, 2.05) is 11.9 Å². The van der Waals surface area contributed by atoms with Gasteiger partial charge in [0.25, 0.3) is 0 Å². The lowest BCUT2D eigenvalue weighted by molar-refractivity contribution is 0.753. The third kappa shape index (κ3) is 3.68. The van der Waals surface area contributed by atoms with Gasteiger partial charge in [0.2, 0.25) is 5.95 Å². The van der Waals surface area contributed by atoms with Crippen molar-refractivity contribution in [2.75, 3.05) is 24.4 Å². The van der Waals surface area contributed by atoms with Crippen molar-refractivity contribution in [3.8, 4) is 0 Å². The first-order valence-electron chi connectivity index (χ1n) is 4.49. The molecule has 14 heavy (non-hydrogen) atoms. The third-order valence-electron chi connectivity index (χ3n) is 1.83. The number of halogens is 2. The van der Waals surface area contributed by atoms with Gasteiger partial charge < -0.3 is 4.90 Å². The summed E-state index contributed by atoms with van der Waals surface area (Å²) < 4.78 is 0. The van der Waals surface area contributed by atoms with E-state index in [-0.39, 0.29) is 0 Å². The van der Waals surface area contributed by atoms with Gasteiger partial charge in [-0.1, -0.05) is 11.6 Å². The van der Waals surface area contributed by atoms with E-state index in [4.69, 9.17) is 23.2 Å². The first-order chi connectivity index (χ1) is 6.74. The molecule has 0 atom stereocenters. The van der Waals surface area contributed by atoms with Gasteiger partial charge in [-0.15, -0.1) is 11.6 Å². The van der Waals surface area contributed by atoms with Gasteiger partial charge in [0.05, 0.1) is 0 Å². The maximum atomic E-state index is 5.75. The Labute approximate surface area is 94.1 Å². The van der Waals surface area contributed by atoms with Gasteiger partial charge in [0.1, 0.15) is 5.15 Å². The van der Waals surface area contributed by atoms with Crippen LogP contribution in [0.2, 0.25) is 5.15 Å². The zero-order valence-electron chi connectivity index (χ0n) is 8.08. The topological polar surface area (TPSA) is 29.0 Å². The van der Waals surface area contributed by atoms with Crippen LogP contribution in [-0.2, 0) is 0 Å². The van der Waals surface area contributed by atoms with Crippen molar-refractivity contribution >= 4 is 29.2 Å². The summed E-state index contributed by atoms with van der Waals surface area (Å²) in [5.41, 5.74) is 0. The highest BCUT2D eigenvalue weighted by atomic mass is 35.5. The van der Waals surface area contributed by atoms with Crippen molar-refractivity contribution in [3.63, 3.8) is 0 Å². The SMILES string of the molecule is CN(CCCCCl)c1nccc(Cl)n1. The molecule has 78 valence electrons. The van der Waals surface area contributed by atoms with Crippen LogP contribution >= 0.6 is 23.2 Å². The van der Waals surface area contributed by atoms with Gasteiger partial charge in [-0.25, -0.2) is 9.97 Å². The first-order valence-corrected chi connectivity index (χ1v) is 5.41. The second-order valence-corrected chi connectivity index (χ2v) is 3.76. The highest BCUT2D eigenvalue weighted by Gasteiger charge is 2.03. The van der Waals surface area contributed by atoms with Crippen LogP contribution in [0.3, 0.4) is 0 Å². The first kappa shape index (κ1) is 11.5. The Morgan fingerprint density at radius 1 is 1.43 bits per heavy atom. The molecule has 0 bridgehead atoms. The Hall–Kier alpha value is -0.540. The molecule has 0 saturated carbocycles. The number of anilines is 1. The molecular weight excluding hydrogens is 221 g/mol. The lowest BCUT2D eigenvalue weighted by atomic mass is 10.3. The maximum Gasteiger partial charge on any atom is 0.226 e. The normalized spacial score (nSPS) is 10.2. The lowest BCUT2D eigenvalue weighted by Crippen LogP contribution is -2.20. The molecule has 0 fully saturated rings. The predicted molar refractivity (Wildman–Crippen MR) is 60.3 cm³/mol. The van der Waals surface area contributed by atoms with E-state index >= 15 is 0 Å². The Morgan fingerprint density at radius 3 is 2.86 bits per heavy atom. The predicted octanol–water partition coefficient (Wildman–Crippen LogP) is 2.59. The molecule has 0 aliphatic carbocycles. The van der Waals surface area contributed by atoms with Crippen molar-refractivity contribution in [1.29, 1.82) is 0 Å². The van der Waals surface area contributed by atoms with Crippen molar-refractivity contribution in [2.45, 2.75) is 12.8 Å². The molecular formula is C9H13Cl2N3. The second kappa shape index (κ2) is 6.04. The number of rotatable bonds is 5. The number of nitrogens with zero attached hydrogens (tertiary/aromatic N) is 3. The molecule has 0 spiro atoms. The molecule has 3 nitrogen and oxygen atoms in total. The fraction of sp³-hybridized carbons (Fsp3) is 0.556. The van der Waals surface area contributed by atoms with E-state index in [0.717, 1.165) is 19.4 Å². The minimum atomic E-state index is 0.471. The molecule has 1 aromatic heterocycles. The zero-order chi connectivity index (χ0) is 10.4. The van der Waals surface area contributed by atoms with Crippen LogP contribution in [0.5, 0.6) is 0 Å². The van der Waals surface area contributed by atoms with Gasteiger partial charge in [-0.05, 0) is 18.9 Å². The minimum absolute atomic E-state index is 0.471. The largest absolute Gasteiger partial charge is 0.344 e. The summed E-state index contributed by atoms with van der Waals surface area (Å²) in [7, 11) is 1.94. The molecule has 0 aromatic carbocycles. The summed E-state index contributed by atoms with van der Waals surface area (Å²) >= 11 is 11.3. The summed E-state index contributed by atoms with van der Waals surface area (Å²) in [6.07, 6.45) is 3.70. The van der Waals surface area contributed by atoms with Crippen molar-refractivity contribution in [2.24, 2.45) is 0 Å². The molecule has 0 aliphatic heterocycles. The standard InChI is InChI=1S/C9H13Cl2N3/c1-14(7-3-2-5-10)9-12-6-4-8(11)13-9/h4,6H,2-3,5,7H2,1H3. The third-order valence-corrected chi connectivity index (χ3v) is 2.31. The number of hydrogen-bond acceptors (Lipinski definition) is 3. The van der Waals surface area contributed by atoms with Crippen LogP contribution in [0.4, 0.5) is 5.95 Å². The molecule has 0 unspecified atom stereocenters. The molecule has 0 radical (unpaired) electrons. The highest BCUT2D eigenvalue weighted by molar-refractivity contribution is 6.29. The van der Waals surface area contributed by atoms with E-state index in [1.165, 1.54) is 0 Å². The fourth-order valence-corrected chi connectivity index (χ4v) is 1.38.